The molecular weight excluding hydrogens is 452 g/mol. The molecule has 9 nitrogen and oxygen atoms in total. The van der Waals surface area contributed by atoms with Gasteiger partial charge in [0.25, 0.3) is 21.6 Å². The van der Waals surface area contributed by atoms with E-state index in [4.69, 9.17) is 11.6 Å². The van der Waals surface area contributed by atoms with E-state index in [0.29, 0.717) is 5.56 Å². The van der Waals surface area contributed by atoms with E-state index in [-0.39, 0.29) is 26.2 Å². The van der Waals surface area contributed by atoms with Crippen LogP contribution in [-0.2, 0) is 10.0 Å². The molecule has 0 unspecified atom stereocenters. The van der Waals surface area contributed by atoms with E-state index in [1.807, 2.05) is 0 Å². The summed E-state index contributed by atoms with van der Waals surface area (Å²) < 4.78 is 27.3. The van der Waals surface area contributed by atoms with E-state index in [1.54, 1.807) is 23.6 Å². The minimum Gasteiger partial charge on any atom is -0.278 e. The Labute approximate surface area is 180 Å². The summed E-state index contributed by atoms with van der Waals surface area (Å²) in [5, 5.41) is 16.3. The average molecular weight is 465 g/mol. The Kier molecular flexibility index (Phi) is 6.45. The van der Waals surface area contributed by atoms with Gasteiger partial charge in [-0.25, -0.2) is 13.8 Å². The van der Waals surface area contributed by atoms with Crippen molar-refractivity contribution in [2.24, 2.45) is 5.10 Å². The molecule has 0 aliphatic rings. The highest BCUT2D eigenvalue weighted by molar-refractivity contribution is 7.94. The van der Waals surface area contributed by atoms with Gasteiger partial charge >= 0.3 is 0 Å². The number of thiophene rings is 1. The monoisotopic (exact) mass is 464 g/mol. The molecule has 12 heteroatoms. The van der Waals surface area contributed by atoms with Gasteiger partial charge < -0.3 is 0 Å². The van der Waals surface area contributed by atoms with E-state index in [1.165, 1.54) is 42.6 Å². The zero-order valence-corrected chi connectivity index (χ0v) is 17.4. The van der Waals surface area contributed by atoms with Crippen molar-refractivity contribution in [3.8, 4) is 0 Å². The molecule has 0 bridgehead atoms. The van der Waals surface area contributed by atoms with Crippen LogP contribution in [0, 0.1) is 10.1 Å². The number of nitrogens with one attached hydrogen (secondary N) is 2. The number of hydrogen-bond donors (Lipinski definition) is 2. The molecule has 3 rings (SSSR count). The number of benzene rings is 2. The number of hydrogen-bond acceptors (Lipinski definition) is 7. The summed E-state index contributed by atoms with van der Waals surface area (Å²) in [6.45, 7) is 0. The maximum absolute atomic E-state index is 12.5. The number of carbonyl (C=O) groups is 1. The zero-order chi connectivity index (χ0) is 21.7. The molecule has 30 heavy (non-hydrogen) atoms. The lowest BCUT2D eigenvalue weighted by Gasteiger charge is -2.10. The Hall–Kier alpha value is -3.28. The van der Waals surface area contributed by atoms with Gasteiger partial charge in [0.1, 0.15) is 9.23 Å². The summed E-state index contributed by atoms with van der Waals surface area (Å²) in [5.74, 6) is -0.667. The lowest BCUT2D eigenvalue weighted by molar-refractivity contribution is -0.384. The third-order valence-electron chi connectivity index (χ3n) is 3.72. The van der Waals surface area contributed by atoms with Gasteiger partial charge in [-0.1, -0.05) is 35.9 Å². The first-order chi connectivity index (χ1) is 14.3. The predicted octanol–water partition coefficient (Wildman–Crippen LogP) is 3.87. The molecule has 2 N–H and O–H groups in total. The van der Waals surface area contributed by atoms with Gasteiger partial charge in [0.15, 0.2) is 0 Å². The van der Waals surface area contributed by atoms with E-state index in [9.17, 15) is 23.3 Å². The van der Waals surface area contributed by atoms with Crippen LogP contribution in [0.1, 0.15) is 15.9 Å². The van der Waals surface area contributed by atoms with Crippen LogP contribution in [0.25, 0.3) is 0 Å². The van der Waals surface area contributed by atoms with Crippen molar-refractivity contribution >= 4 is 56.5 Å². The number of nitrogens with zero attached hydrogens (tertiary/aromatic N) is 2. The molecule has 2 aromatic carbocycles. The second-order valence-electron chi connectivity index (χ2n) is 5.75. The smallest absolute Gasteiger partial charge is 0.278 e. The summed E-state index contributed by atoms with van der Waals surface area (Å²) in [6, 6.07) is 13.1. The quantitative estimate of drug-likeness (QED) is 0.311. The van der Waals surface area contributed by atoms with Crippen LogP contribution in [0.5, 0.6) is 0 Å². The minimum absolute atomic E-state index is 0.0202. The Morgan fingerprint density at radius 3 is 2.63 bits per heavy atom. The molecule has 0 radical (unpaired) electrons. The fourth-order valence-electron chi connectivity index (χ4n) is 2.36. The number of anilines is 1. The van der Waals surface area contributed by atoms with Gasteiger partial charge in [0, 0.05) is 11.6 Å². The first kappa shape index (κ1) is 21.4. The maximum atomic E-state index is 12.5. The van der Waals surface area contributed by atoms with Gasteiger partial charge in [-0.05, 0) is 29.6 Å². The fraction of sp³-hybridized carbons (Fsp3) is 0. The van der Waals surface area contributed by atoms with Crippen LogP contribution in [0.3, 0.4) is 0 Å². The third-order valence-corrected chi connectivity index (χ3v) is 6.81. The maximum Gasteiger partial charge on any atom is 0.288 e. The van der Waals surface area contributed by atoms with Crippen molar-refractivity contribution in [3.05, 3.63) is 86.2 Å². The van der Waals surface area contributed by atoms with Crippen LogP contribution in [-0.4, -0.2) is 25.5 Å². The number of amides is 1. The van der Waals surface area contributed by atoms with E-state index in [2.05, 4.69) is 15.2 Å². The van der Waals surface area contributed by atoms with Gasteiger partial charge in [-0.3, -0.25) is 19.6 Å². The van der Waals surface area contributed by atoms with Crippen molar-refractivity contribution in [1.29, 1.82) is 0 Å². The number of nitro benzene ring substituents is 1. The number of rotatable bonds is 7. The number of nitro groups is 1. The second-order valence-corrected chi connectivity index (χ2v) is 9.01. The van der Waals surface area contributed by atoms with E-state index < -0.39 is 20.9 Å². The van der Waals surface area contributed by atoms with Crippen LogP contribution in [0.2, 0.25) is 5.02 Å². The van der Waals surface area contributed by atoms with Crippen molar-refractivity contribution in [1.82, 2.24) is 5.43 Å². The van der Waals surface area contributed by atoms with Crippen molar-refractivity contribution in [2.75, 3.05) is 4.72 Å². The molecular formula is C18H13ClN4O5S2. The van der Waals surface area contributed by atoms with Gasteiger partial charge in [0.05, 0.1) is 22.4 Å². The Bertz CT molecular complexity index is 1230. The Morgan fingerprint density at radius 1 is 1.17 bits per heavy atom. The fourth-order valence-corrected chi connectivity index (χ4v) is 4.62. The molecule has 154 valence electrons. The van der Waals surface area contributed by atoms with Crippen molar-refractivity contribution < 1.29 is 18.1 Å². The summed E-state index contributed by atoms with van der Waals surface area (Å²) in [7, 11) is -3.83. The molecule has 0 aliphatic carbocycles. The topological polar surface area (TPSA) is 131 Å². The first-order valence-electron chi connectivity index (χ1n) is 8.20. The number of para-hydroxylation sites is 1. The van der Waals surface area contributed by atoms with Crippen molar-refractivity contribution in [3.63, 3.8) is 0 Å². The molecule has 0 saturated heterocycles. The highest BCUT2D eigenvalue weighted by atomic mass is 35.5. The van der Waals surface area contributed by atoms with E-state index >= 15 is 0 Å². The largest absolute Gasteiger partial charge is 0.288 e. The lowest BCUT2D eigenvalue weighted by atomic mass is 10.2. The Morgan fingerprint density at radius 2 is 1.93 bits per heavy atom. The molecule has 0 fully saturated rings. The first-order valence-corrected chi connectivity index (χ1v) is 10.9. The zero-order valence-electron chi connectivity index (χ0n) is 15.0. The standard InChI is InChI=1S/C18H13ClN4O5S2/c19-14-8-7-12(10-16(14)23(25)26)11-20-21-18(24)13-4-1-2-5-15(13)22-30(27,28)17-6-3-9-29-17/h1-11,22H,(H,21,24)/b20-11+. The summed E-state index contributed by atoms with van der Waals surface area (Å²) in [5.41, 5.74) is 2.46. The van der Waals surface area contributed by atoms with Gasteiger partial charge in [-0.2, -0.15) is 5.10 Å². The molecule has 3 aromatic rings. The number of hydrazone groups is 1. The molecule has 1 amide bonds. The lowest BCUT2D eigenvalue weighted by Crippen LogP contribution is -2.21. The average Bonchev–Trinajstić information content (AvgIpc) is 3.25. The van der Waals surface area contributed by atoms with Crippen molar-refractivity contribution in [2.45, 2.75) is 4.21 Å². The van der Waals surface area contributed by atoms with Crippen LogP contribution in [0.4, 0.5) is 11.4 Å². The third kappa shape index (κ3) is 5.00. The molecule has 0 atom stereocenters. The van der Waals surface area contributed by atoms with Crippen LogP contribution < -0.4 is 10.1 Å². The van der Waals surface area contributed by atoms with Crippen LogP contribution in [0.15, 0.2) is 69.3 Å². The summed E-state index contributed by atoms with van der Waals surface area (Å²) in [4.78, 5) is 22.8. The highest BCUT2D eigenvalue weighted by Crippen LogP contribution is 2.25. The number of halogens is 1. The predicted molar refractivity (Wildman–Crippen MR) is 115 cm³/mol. The molecule has 0 aliphatic heterocycles. The second kappa shape index (κ2) is 9.03. The molecule has 0 saturated carbocycles. The minimum atomic E-state index is -3.83. The van der Waals surface area contributed by atoms with Crippen LogP contribution >= 0.6 is 22.9 Å². The van der Waals surface area contributed by atoms with E-state index in [0.717, 1.165) is 11.3 Å². The summed E-state index contributed by atoms with van der Waals surface area (Å²) >= 11 is 6.80. The van der Waals surface area contributed by atoms with Gasteiger partial charge in [-0.15, -0.1) is 11.3 Å². The highest BCUT2D eigenvalue weighted by Gasteiger charge is 2.19. The molecule has 1 heterocycles. The normalized spacial score (nSPS) is 11.4. The Balaban J connectivity index is 1.76. The summed E-state index contributed by atoms with van der Waals surface area (Å²) in [6.07, 6.45) is 1.21. The SMILES string of the molecule is O=C(N/N=C/c1ccc(Cl)c([N+](=O)[O-])c1)c1ccccc1NS(=O)(=O)c1cccs1. The molecule has 0 spiro atoms. The van der Waals surface area contributed by atoms with Gasteiger partial charge in [0.2, 0.25) is 0 Å². The number of sulfonamides is 1. The number of carbonyl (C=O) groups excluding carboxylic acids is 1. The molecule has 1 aromatic heterocycles.